The lowest BCUT2D eigenvalue weighted by Crippen LogP contribution is -2.14. The third kappa shape index (κ3) is 2.23. The summed E-state index contributed by atoms with van der Waals surface area (Å²) in [5.74, 6) is -0.387. The number of aromatic nitrogens is 3. The van der Waals surface area contributed by atoms with Crippen LogP contribution in [0.15, 0.2) is 0 Å². The van der Waals surface area contributed by atoms with E-state index in [0.717, 1.165) is 22.9 Å². The van der Waals surface area contributed by atoms with Gasteiger partial charge in [0.15, 0.2) is 5.69 Å². The topological polar surface area (TPSA) is 59.8 Å². The number of carbonyl (C=O) groups is 1. The van der Waals surface area contributed by atoms with E-state index in [4.69, 9.17) is 23.2 Å². The summed E-state index contributed by atoms with van der Waals surface area (Å²) in [6, 6.07) is 0. The van der Waals surface area contributed by atoms with Crippen LogP contribution in [0.3, 0.4) is 0 Å². The maximum atomic E-state index is 12.0. The van der Waals surface area contributed by atoms with E-state index in [1.54, 1.807) is 4.68 Å². The molecule has 2 aromatic heterocycles. The van der Waals surface area contributed by atoms with E-state index in [-0.39, 0.29) is 16.6 Å². The summed E-state index contributed by atoms with van der Waals surface area (Å²) < 4.78 is 5.92. The van der Waals surface area contributed by atoms with E-state index in [1.807, 2.05) is 20.9 Å². The lowest BCUT2D eigenvalue weighted by Gasteiger charge is -2.03. The van der Waals surface area contributed by atoms with Crippen LogP contribution < -0.4 is 5.32 Å². The fourth-order valence-electron chi connectivity index (χ4n) is 1.53. The fourth-order valence-corrected chi connectivity index (χ4v) is 2.52. The van der Waals surface area contributed by atoms with Crippen molar-refractivity contribution in [2.75, 3.05) is 5.32 Å². The molecule has 8 heteroatoms. The molecule has 0 aliphatic carbocycles. The molecular formula is C10H10Cl2N4OS. The number of rotatable bonds is 2. The molecule has 0 saturated carbocycles. The molecule has 0 atom stereocenters. The minimum Gasteiger partial charge on any atom is -0.317 e. The number of aryl methyl sites for hydroxylation is 2. The number of hydrogen-bond acceptors (Lipinski definition) is 4. The van der Waals surface area contributed by atoms with Crippen molar-refractivity contribution >= 4 is 46.3 Å². The minimum absolute atomic E-state index is 0.134. The Labute approximate surface area is 118 Å². The van der Waals surface area contributed by atoms with E-state index < -0.39 is 0 Å². The third-order valence-electron chi connectivity index (χ3n) is 2.56. The number of nitrogens with zero attached hydrogens (tertiary/aromatic N) is 3. The van der Waals surface area contributed by atoms with E-state index >= 15 is 0 Å². The van der Waals surface area contributed by atoms with Gasteiger partial charge in [0.2, 0.25) is 0 Å². The first-order valence-electron chi connectivity index (χ1n) is 5.04. The Balaban J connectivity index is 2.30. The van der Waals surface area contributed by atoms with Gasteiger partial charge in [-0.2, -0.15) is 9.47 Å². The van der Waals surface area contributed by atoms with Crippen LogP contribution in [0.4, 0.5) is 5.69 Å². The maximum absolute atomic E-state index is 12.0. The first-order valence-corrected chi connectivity index (χ1v) is 6.57. The van der Waals surface area contributed by atoms with Gasteiger partial charge in [0.25, 0.3) is 5.91 Å². The number of anilines is 1. The highest BCUT2D eigenvalue weighted by atomic mass is 35.5. The summed E-state index contributed by atoms with van der Waals surface area (Å²) in [6.45, 7) is 3.68. The summed E-state index contributed by atoms with van der Waals surface area (Å²) in [4.78, 5) is 12.0. The Bertz CT molecular complexity index is 620. The van der Waals surface area contributed by atoms with Crippen LogP contribution in [0.25, 0.3) is 0 Å². The predicted octanol–water partition coefficient (Wildman–Crippen LogP) is 3.05. The molecule has 1 amide bonds. The van der Waals surface area contributed by atoms with Crippen molar-refractivity contribution in [2.24, 2.45) is 7.05 Å². The molecule has 0 spiro atoms. The molecule has 0 aliphatic heterocycles. The Morgan fingerprint density at radius 1 is 1.39 bits per heavy atom. The smallest absolute Gasteiger partial charge is 0.277 e. The predicted molar refractivity (Wildman–Crippen MR) is 72.8 cm³/mol. The van der Waals surface area contributed by atoms with Crippen molar-refractivity contribution < 1.29 is 4.79 Å². The summed E-state index contributed by atoms with van der Waals surface area (Å²) >= 11 is 12.6. The van der Waals surface area contributed by atoms with Gasteiger partial charge in [-0.1, -0.05) is 23.2 Å². The Morgan fingerprint density at radius 2 is 2.06 bits per heavy atom. The second-order valence-electron chi connectivity index (χ2n) is 3.74. The van der Waals surface area contributed by atoms with Crippen molar-refractivity contribution in [1.29, 1.82) is 0 Å². The summed E-state index contributed by atoms with van der Waals surface area (Å²) in [5.41, 5.74) is 2.40. The molecule has 0 aliphatic rings. The number of carbonyl (C=O) groups excluding carboxylic acids is 1. The molecule has 0 bridgehead atoms. The average molecular weight is 305 g/mol. The van der Waals surface area contributed by atoms with E-state index in [1.165, 1.54) is 0 Å². The molecule has 0 saturated heterocycles. The van der Waals surface area contributed by atoms with Crippen molar-refractivity contribution in [1.82, 2.24) is 14.2 Å². The second kappa shape index (κ2) is 4.87. The van der Waals surface area contributed by atoms with Gasteiger partial charge >= 0.3 is 0 Å². The van der Waals surface area contributed by atoms with Gasteiger partial charge in [0.1, 0.15) is 9.36 Å². The number of amides is 1. The molecule has 2 heterocycles. The Kier molecular flexibility index (Phi) is 3.61. The van der Waals surface area contributed by atoms with Crippen molar-refractivity contribution in [2.45, 2.75) is 13.8 Å². The van der Waals surface area contributed by atoms with Crippen LogP contribution in [0.5, 0.6) is 0 Å². The van der Waals surface area contributed by atoms with E-state index in [0.29, 0.717) is 10.0 Å². The largest absolute Gasteiger partial charge is 0.317 e. The average Bonchev–Trinajstić information content (AvgIpc) is 2.75. The van der Waals surface area contributed by atoms with Crippen LogP contribution in [-0.4, -0.2) is 20.1 Å². The van der Waals surface area contributed by atoms with Gasteiger partial charge in [0, 0.05) is 7.05 Å². The molecule has 5 nitrogen and oxygen atoms in total. The quantitative estimate of drug-likeness (QED) is 0.927. The lowest BCUT2D eigenvalue weighted by molar-refractivity contribution is 0.102. The van der Waals surface area contributed by atoms with Gasteiger partial charge in [-0.15, -0.1) is 0 Å². The Morgan fingerprint density at radius 3 is 2.50 bits per heavy atom. The van der Waals surface area contributed by atoms with Gasteiger partial charge in [0.05, 0.1) is 17.1 Å². The molecule has 18 heavy (non-hydrogen) atoms. The van der Waals surface area contributed by atoms with Crippen LogP contribution in [0, 0.1) is 13.8 Å². The molecule has 0 aromatic carbocycles. The minimum atomic E-state index is -0.387. The SMILES string of the molecule is Cc1nn(C)c(C)c1NC(=O)c1nsc(Cl)c1Cl. The molecule has 0 fully saturated rings. The van der Waals surface area contributed by atoms with Gasteiger partial charge in [-0.25, -0.2) is 0 Å². The third-order valence-corrected chi connectivity index (χ3v) is 4.17. The molecule has 2 aromatic rings. The molecule has 0 unspecified atom stereocenters. The first-order chi connectivity index (χ1) is 8.41. The number of hydrogen-bond donors (Lipinski definition) is 1. The highest BCUT2D eigenvalue weighted by Crippen LogP contribution is 2.30. The molecular weight excluding hydrogens is 295 g/mol. The fraction of sp³-hybridized carbons (Fsp3) is 0.300. The molecule has 1 N–H and O–H groups in total. The zero-order valence-corrected chi connectivity index (χ0v) is 12.2. The molecule has 96 valence electrons. The highest BCUT2D eigenvalue weighted by molar-refractivity contribution is 7.11. The van der Waals surface area contributed by atoms with Crippen LogP contribution in [-0.2, 0) is 7.05 Å². The van der Waals surface area contributed by atoms with Crippen molar-refractivity contribution in [3.63, 3.8) is 0 Å². The van der Waals surface area contributed by atoms with E-state index in [2.05, 4.69) is 14.8 Å². The number of nitrogens with one attached hydrogen (secondary N) is 1. The normalized spacial score (nSPS) is 10.7. The standard InChI is InChI=1S/C10H10Cl2N4OS/c1-4-7(5(2)16(3)14-4)13-10(17)8-6(11)9(12)18-15-8/h1-3H3,(H,13,17). The zero-order valence-electron chi connectivity index (χ0n) is 9.91. The van der Waals surface area contributed by atoms with E-state index in [9.17, 15) is 4.79 Å². The molecule has 2 rings (SSSR count). The van der Waals surface area contributed by atoms with Crippen molar-refractivity contribution in [3.05, 3.63) is 26.4 Å². The zero-order chi connectivity index (χ0) is 13.4. The maximum Gasteiger partial charge on any atom is 0.277 e. The second-order valence-corrected chi connectivity index (χ2v) is 5.50. The summed E-state index contributed by atoms with van der Waals surface area (Å²) in [7, 11) is 1.81. The number of halogens is 2. The van der Waals surface area contributed by atoms with Crippen LogP contribution >= 0.6 is 34.7 Å². The summed E-state index contributed by atoms with van der Waals surface area (Å²) in [5, 5.41) is 7.14. The van der Waals surface area contributed by atoms with Crippen molar-refractivity contribution in [3.8, 4) is 0 Å². The lowest BCUT2D eigenvalue weighted by atomic mass is 10.3. The van der Waals surface area contributed by atoms with Gasteiger partial charge in [-0.05, 0) is 25.4 Å². The van der Waals surface area contributed by atoms with Gasteiger partial charge in [-0.3, -0.25) is 9.48 Å². The van der Waals surface area contributed by atoms with Gasteiger partial charge < -0.3 is 5.32 Å². The molecule has 0 radical (unpaired) electrons. The Hall–Kier alpha value is -1.11. The monoisotopic (exact) mass is 304 g/mol. The summed E-state index contributed by atoms with van der Waals surface area (Å²) in [6.07, 6.45) is 0. The van der Waals surface area contributed by atoms with Crippen LogP contribution in [0.2, 0.25) is 9.36 Å². The first kappa shape index (κ1) is 13.3. The highest BCUT2D eigenvalue weighted by Gasteiger charge is 2.20. The van der Waals surface area contributed by atoms with Crippen LogP contribution in [0.1, 0.15) is 21.9 Å².